The molecule has 3 nitrogen and oxygen atoms in total. The van der Waals surface area contributed by atoms with E-state index in [4.69, 9.17) is 4.74 Å². The lowest BCUT2D eigenvalue weighted by molar-refractivity contribution is 0.0958. The Labute approximate surface area is 117 Å². The minimum Gasteiger partial charge on any atom is -0.492 e. The lowest BCUT2D eigenvalue weighted by Crippen LogP contribution is -2.13. The summed E-state index contributed by atoms with van der Waals surface area (Å²) in [6.07, 6.45) is 8.30. The molecule has 1 atom stereocenters. The first-order valence-electron chi connectivity index (χ1n) is 7.48. The van der Waals surface area contributed by atoms with Gasteiger partial charge in [-0.15, -0.1) is 0 Å². The van der Waals surface area contributed by atoms with E-state index in [1.807, 2.05) is 6.07 Å². The Morgan fingerprint density at radius 3 is 2.37 bits per heavy atom. The summed E-state index contributed by atoms with van der Waals surface area (Å²) in [6.45, 7) is 7.09. The molecule has 0 aromatic carbocycles. The molecular formula is C16H27NO2. The second-order valence-electron chi connectivity index (χ2n) is 5.08. The van der Waals surface area contributed by atoms with Gasteiger partial charge in [0.25, 0.3) is 0 Å². The molecular weight excluding hydrogens is 238 g/mol. The molecule has 0 saturated heterocycles. The summed E-state index contributed by atoms with van der Waals surface area (Å²) in [5, 5.41) is 10.5. The summed E-state index contributed by atoms with van der Waals surface area (Å²) in [6, 6.07) is 1.92. The van der Waals surface area contributed by atoms with Crippen LogP contribution in [0.25, 0.3) is 0 Å². The zero-order valence-corrected chi connectivity index (χ0v) is 12.4. The van der Waals surface area contributed by atoms with E-state index in [0.29, 0.717) is 12.5 Å². The van der Waals surface area contributed by atoms with Gasteiger partial charge in [0.2, 0.25) is 0 Å². The first kappa shape index (κ1) is 16.0. The predicted octanol–water partition coefficient (Wildman–Crippen LogP) is 4.12. The quantitative estimate of drug-likeness (QED) is 0.730. The number of ether oxygens (including phenoxy) is 1. The van der Waals surface area contributed by atoms with E-state index in [1.165, 1.54) is 0 Å². The van der Waals surface area contributed by atoms with Crippen molar-refractivity contribution in [3.8, 4) is 5.75 Å². The smallest absolute Gasteiger partial charge is 0.137 e. The molecule has 1 aromatic rings. The second-order valence-corrected chi connectivity index (χ2v) is 5.08. The van der Waals surface area contributed by atoms with Crippen molar-refractivity contribution >= 4 is 0 Å². The Morgan fingerprint density at radius 2 is 1.79 bits per heavy atom. The number of aliphatic hydroxyl groups is 1. The Bertz CT molecular complexity index is 348. The van der Waals surface area contributed by atoms with Crippen LogP contribution in [0.2, 0.25) is 0 Å². The number of pyridine rings is 1. The molecule has 0 radical (unpaired) electrons. The first-order chi connectivity index (χ1) is 9.22. The third-order valence-corrected chi connectivity index (χ3v) is 3.31. The van der Waals surface area contributed by atoms with Crippen molar-refractivity contribution in [2.45, 2.75) is 59.0 Å². The van der Waals surface area contributed by atoms with E-state index in [1.54, 1.807) is 12.4 Å². The van der Waals surface area contributed by atoms with Crippen LogP contribution in [0.1, 0.15) is 64.5 Å². The van der Waals surface area contributed by atoms with Crippen LogP contribution in [0, 0.1) is 5.92 Å². The molecule has 0 aliphatic heterocycles. The zero-order chi connectivity index (χ0) is 14.1. The number of hydrogen-bond acceptors (Lipinski definition) is 3. The molecule has 0 fully saturated rings. The van der Waals surface area contributed by atoms with Gasteiger partial charge in [-0.05, 0) is 31.2 Å². The average Bonchev–Trinajstić information content (AvgIpc) is 2.44. The lowest BCUT2D eigenvalue weighted by atomic mass is 9.89. The van der Waals surface area contributed by atoms with Crippen LogP contribution in [0.4, 0.5) is 0 Å². The molecule has 0 aliphatic carbocycles. The number of aromatic nitrogens is 1. The summed E-state index contributed by atoms with van der Waals surface area (Å²) < 4.78 is 5.57. The highest BCUT2D eigenvalue weighted by atomic mass is 16.5. The Morgan fingerprint density at radius 1 is 1.11 bits per heavy atom. The van der Waals surface area contributed by atoms with Crippen molar-refractivity contribution in [3.63, 3.8) is 0 Å². The third-order valence-electron chi connectivity index (χ3n) is 3.31. The van der Waals surface area contributed by atoms with Crippen molar-refractivity contribution in [2.24, 2.45) is 5.92 Å². The Hall–Kier alpha value is -1.09. The molecule has 1 aromatic heterocycles. The average molecular weight is 265 g/mol. The van der Waals surface area contributed by atoms with Gasteiger partial charge in [-0.1, -0.05) is 33.6 Å². The third kappa shape index (κ3) is 5.19. The first-order valence-corrected chi connectivity index (χ1v) is 7.48. The maximum Gasteiger partial charge on any atom is 0.137 e. The highest BCUT2D eigenvalue weighted by molar-refractivity contribution is 5.25. The molecule has 0 aliphatic rings. The second kappa shape index (κ2) is 8.92. The van der Waals surface area contributed by atoms with Gasteiger partial charge in [-0.2, -0.15) is 0 Å². The molecule has 1 unspecified atom stereocenters. The number of aliphatic hydroxyl groups excluding tert-OH is 1. The van der Waals surface area contributed by atoms with E-state index in [0.717, 1.165) is 43.4 Å². The van der Waals surface area contributed by atoms with Gasteiger partial charge >= 0.3 is 0 Å². The molecule has 3 heteroatoms. The van der Waals surface area contributed by atoms with Crippen LogP contribution in [-0.4, -0.2) is 16.7 Å². The van der Waals surface area contributed by atoms with Crippen LogP contribution in [0.15, 0.2) is 18.5 Å². The van der Waals surface area contributed by atoms with Crippen molar-refractivity contribution in [3.05, 3.63) is 24.0 Å². The minimum absolute atomic E-state index is 0.318. The molecule has 108 valence electrons. The lowest BCUT2D eigenvalue weighted by Gasteiger charge is -2.22. The van der Waals surface area contributed by atoms with Gasteiger partial charge in [0, 0.05) is 11.8 Å². The molecule has 0 saturated carbocycles. The van der Waals surface area contributed by atoms with Gasteiger partial charge in [-0.25, -0.2) is 0 Å². The van der Waals surface area contributed by atoms with Crippen LogP contribution in [0.3, 0.4) is 0 Å². The summed E-state index contributed by atoms with van der Waals surface area (Å²) >= 11 is 0. The highest BCUT2D eigenvalue weighted by Crippen LogP contribution is 2.30. The van der Waals surface area contributed by atoms with Gasteiger partial charge in [0.05, 0.1) is 18.9 Å². The molecule has 0 spiro atoms. The van der Waals surface area contributed by atoms with Crippen LogP contribution in [-0.2, 0) is 0 Å². The SMILES string of the molecule is CCCOc1cncc(C(O)C(CCC)CCC)c1. The normalized spacial score (nSPS) is 12.7. The maximum atomic E-state index is 10.5. The highest BCUT2D eigenvalue weighted by Gasteiger charge is 2.20. The van der Waals surface area contributed by atoms with Gasteiger partial charge in [0.15, 0.2) is 0 Å². The van der Waals surface area contributed by atoms with Crippen molar-refractivity contribution in [1.82, 2.24) is 4.98 Å². The fourth-order valence-electron chi connectivity index (χ4n) is 2.37. The van der Waals surface area contributed by atoms with E-state index < -0.39 is 6.10 Å². The number of rotatable bonds is 9. The number of hydrogen-bond donors (Lipinski definition) is 1. The Kier molecular flexibility index (Phi) is 7.49. The zero-order valence-electron chi connectivity index (χ0n) is 12.4. The summed E-state index contributed by atoms with van der Waals surface area (Å²) in [4.78, 5) is 4.18. The van der Waals surface area contributed by atoms with Crippen molar-refractivity contribution < 1.29 is 9.84 Å². The van der Waals surface area contributed by atoms with Gasteiger partial charge in [-0.3, -0.25) is 4.98 Å². The minimum atomic E-state index is -0.433. The summed E-state index contributed by atoms with van der Waals surface area (Å²) in [7, 11) is 0. The van der Waals surface area contributed by atoms with E-state index in [9.17, 15) is 5.11 Å². The van der Waals surface area contributed by atoms with Gasteiger partial charge < -0.3 is 9.84 Å². The molecule has 1 N–H and O–H groups in total. The topological polar surface area (TPSA) is 42.4 Å². The summed E-state index contributed by atoms with van der Waals surface area (Å²) in [5.74, 6) is 1.07. The van der Waals surface area contributed by atoms with Crippen LogP contribution < -0.4 is 4.74 Å². The van der Waals surface area contributed by atoms with Crippen molar-refractivity contribution in [2.75, 3.05) is 6.61 Å². The Balaban J connectivity index is 2.75. The fraction of sp³-hybridized carbons (Fsp3) is 0.688. The van der Waals surface area contributed by atoms with E-state index in [-0.39, 0.29) is 0 Å². The fourth-order valence-corrected chi connectivity index (χ4v) is 2.37. The maximum absolute atomic E-state index is 10.5. The molecule has 0 bridgehead atoms. The molecule has 1 heterocycles. The monoisotopic (exact) mass is 265 g/mol. The molecule has 1 rings (SSSR count). The predicted molar refractivity (Wildman–Crippen MR) is 78.3 cm³/mol. The standard InChI is InChI=1S/C16H27NO2/c1-4-7-13(8-5-2)16(18)14-10-15(12-17-11-14)19-9-6-3/h10-13,16,18H,4-9H2,1-3H3. The number of nitrogens with zero attached hydrogens (tertiary/aromatic N) is 1. The van der Waals surface area contributed by atoms with Gasteiger partial charge in [0.1, 0.15) is 5.75 Å². The van der Waals surface area contributed by atoms with E-state index >= 15 is 0 Å². The van der Waals surface area contributed by atoms with Crippen LogP contribution >= 0.6 is 0 Å². The summed E-state index contributed by atoms with van der Waals surface area (Å²) in [5.41, 5.74) is 0.875. The van der Waals surface area contributed by atoms with Crippen LogP contribution in [0.5, 0.6) is 5.75 Å². The largest absolute Gasteiger partial charge is 0.492 e. The molecule has 0 amide bonds. The van der Waals surface area contributed by atoms with Crippen molar-refractivity contribution in [1.29, 1.82) is 0 Å². The van der Waals surface area contributed by atoms with E-state index in [2.05, 4.69) is 25.8 Å². The molecule has 19 heavy (non-hydrogen) atoms.